The lowest BCUT2D eigenvalue weighted by molar-refractivity contribution is 0.0902. The summed E-state index contributed by atoms with van der Waals surface area (Å²) in [5, 5.41) is 14.9. The molecule has 1 amide bonds. The molecule has 128 valence electrons. The van der Waals surface area contributed by atoms with Crippen LogP contribution >= 0.6 is 0 Å². The third kappa shape index (κ3) is 3.55. The second kappa shape index (κ2) is 7.40. The maximum absolute atomic E-state index is 12.6. The van der Waals surface area contributed by atoms with Gasteiger partial charge in [0.1, 0.15) is 0 Å². The Balaban J connectivity index is 1.68. The van der Waals surface area contributed by atoms with E-state index in [0.717, 1.165) is 50.9 Å². The molecule has 1 aliphatic heterocycles. The Morgan fingerprint density at radius 3 is 2.78 bits per heavy atom. The molecule has 23 heavy (non-hydrogen) atoms. The molecule has 1 aromatic rings. The SMILES string of the molecule is Cc1c(C(=O)N[C@H]2CCCC[C@H]2CN)nnn1C1CCNCC1. The third-order valence-corrected chi connectivity index (χ3v) is 5.33. The molecule has 1 aliphatic carbocycles. The van der Waals surface area contributed by atoms with Crippen LogP contribution < -0.4 is 16.4 Å². The van der Waals surface area contributed by atoms with Crippen LogP contribution in [0.4, 0.5) is 0 Å². The molecule has 7 nitrogen and oxygen atoms in total. The number of nitrogens with zero attached hydrogens (tertiary/aromatic N) is 3. The van der Waals surface area contributed by atoms with E-state index >= 15 is 0 Å². The standard InChI is InChI=1S/C16H28N6O/c1-11-15(20-21-22(11)13-6-8-18-9-7-13)16(23)19-14-5-3-2-4-12(14)10-17/h12-14,18H,2-10,17H2,1H3,(H,19,23)/t12-,14-/m0/s1. The predicted octanol–water partition coefficient (Wildman–Crippen LogP) is 0.758. The zero-order valence-corrected chi connectivity index (χ0v) is 13.9. The molecule has 2 heterocycles. The van der Waals surface area contributed by atoms with Gasteiger partial charge in [-0.3, -0.25) is 4.79 Å². The normalized spacial score (nSPS) is 26.2. The van der Waals surface area contributed by atoms with E-state index in [1.807, 2.05) is 11.6 Å². The number of aromatic nitrogens is 3. The topological polar surface area (TPSA) is 97.9 Å². The average molecular weight is 320 g/mol. The first kappa shape index (κ1) is 16.4. The minimum absolute atomic E-state index is 0.104. The van der Waals surface area contributed by atoms with Crippen molar-refractivity contribution in [2.24, 2.45) is 11.7 Å². The van der Waals surface area contributed by atoms with Crippen molar-refractivity contribution in [3.63, 3.8) is 0 Å². The van der Waals surface area contributed by atoms with E-state index in [0.29, 0.717) is 24.2 Å². The van der Waals surface area contributed by atoms with Crippen LogP contribution in [0.3, 0.4) is 0 Å². The van der Waals surface area contributed by atoms with Crippen LogP contribution in [0.2, 0.25) is 0 Å². The van der Waals surface area contributed by atoms with Crippen molar-refractivity contribution in [3.8, 4) is 0 Å². The number of carbonyl (C=O) groups is 1. The van der Waals surface area contributed by atoms with E-state index < -0.39 is 0 Å². The molecule has 0 unspecified atom stereocenters. The molecule has 1 aromatic heterocycles. The highest BCUT2D eigenvalue weighted by Crippen LogP contribution is 2.24. The molecule has 0 bridgehead atoms. The van der Waals surface area contributed by atoms with Crippen molar-refractivity contribution in [2.75, 3.05) is 19.6 Å². The molecular formula is C16H28N6O. The van der Waals surface area contributed by atoms with Crippen molar-refractivity contribution in [1.82, 2.24) is 25.6 Å². The van der Waals surface area contributed by atoms with Gasteiger partial charge < -0.3 is 16.4 Å². The fraction of sp³-hybridized carbons (Fsp3) is 0.812. The summed E-state index contributed by atoms with van der Waals surface area (Å²) in [5.74, 6) is 0.278. The molecule has 0 aromatic carbocycles. The number of nitrogens with one attached hydrogen (secondary N) is 2. The number of amides is 1. The zero-order chi connectivity index (χ0) is 16.2. The lowest BCUT2D eigenvalue weighted by Crippen LogP contribution is -2.45. The highest BCUT2D eigenvalue weighted by molar-refractivity contribution is 5.93. The van der Waals surface area contributed by atoms with Crippen LogP contribution in [0.15, 0.2) is 0 Å². The monoisotopic (exact) mass is 320 g/mol. The van der Waals surface area contributed by atoms with Gasteiger partial charge in [0.25, 0.3) is 5.91 Å². The second-order valence-corrected chi connectivity index (χ2v) is 6.81. The highest BCUT2D eigenvalue weighted by atomic mass is 16.2. The molecule has 2 atom stereocenters. The summed E-state index contributed by atoms with van der Waals surface area (Å²) in [6.45, 7) is 4.56. The lowest BCUT2D eigenvalue weighted by Gasteiger charge is -2.31. The van der Waals surface area contributed by atoms with Crippen molar-refractivity contribution >= 4 is 5.91 Å². The average Bonchev–Trinajstić information content (AvgIpc) is 2.98. The van der Waals surface area contributed by atoms with Gasteiger partial charge in [-0.25, -0.2) is 4.68 Å². The lowest BCUT2D eigenvalue weighted by atomic mass is 9.84. The molecular weight excluding hydrogens is 292 g/mol. The van der Waals surface area contributed by atoms with Crippen LogP contribution in [0.25, 0.3) is 0 Å². The van der Waals surface area contributed by atoms with Crippen molar-refractivity contribution < 1.29 is 4.79 Å². The fourth-order valence-electron chi connectivity index (χ4n) is 3.87. The van der Waals surface area contributed by atoms with Crippen LogP contribution in [-0.2, 0) is 0 Å². The van der Waals surface area contributed by atoms with Crippen LogP contribution in [0.5, 0.6) is 0 Å². The summed E-state index contributed by atoms with van der Waals surface area (Å²) in [4.78, 5) is 12.6. The predicted molar refractivity (Wildman–Crippen MR) is 88.2 cm³/mol. The summed E-state index contributed by atoms with van der Waals surface area (Å²) in [5.41, 5.74) is 7.18. The Bertz CT molecular complexity index is 537. The van der Waals surface area contributed by atoms with Crippen molar-refractivity contribution in [3.05, 3.63) is 11.4 Å². The van der Waals surface area contributed by atoms with E-state index in [4.69, 9.17) is 5.73 Å². The molecule has 0 radical (unpaired) electrons. The Morgan fingerprint density at radius 2 is 2.04 bits per heavy atom. The largest absolute Gasteiger partial charge is 0.348 e. The number of hydrogen-bond acceptors (Lipinski definition) is 5. The summed E-state index contributed by atoms with van der Waals surface area (Å²) in [6, 6.07) is 0.515. The van der Waals surface area contributed by atoms with Gasteiger partial charge in [-0.2, -0.15) is 0 Å². The van der Waals surface area contributed by atoms with E-state index in [-0.39, 0.29) is 11.9 Å². The first-order chi connectivity index (χ1) is 11.2. The zero-order valence-electron chi connectivity index (χ0n) is 13.9. The number of piperidine rings is 1. The maximum Gasteiger partial charge on any atom is 0.273 e. The first-order valence-corrected chi connectivity index (χ1v) is 8.84. The number of hydrogen-bond donors (Lipinski definition) is 3. The van der Waals surface area contributed by atoms with Gasteiger partial charge in [0.05, 0.1) is 11.7 Å². The van der Waals surface area contributed by atoms with Gasteiger partial charge in [-0.1, -0.05) is 18.1 Å². The molecule has 0 spiro atoms. The second-order valence-electron chi connectivity index (χ2n) is 6.81. The summed E-state index contributed by atoms with van der Waals surface area (Å²) in [7, 11) is 0. The Kier molecular flexibility index (Phi) is 5.27. The van der Waals surface area contributed by atoms with Gasteiger partial charge in [0, 0.05) is 6.04 Å². The molecule has 1 saturated carbocycles. The quantitative estimate of drug-likeness (QED) is 0.761. The summed E-state index contributed by atoms with van der Waals surface area (Å²) >= 11 is 0. The third-order valence-electron chi connectivity index (χ3n) is 5.33. The first-order valence-electron chi connectivity index (χ1n) is 8.84. The maximum atomic E-state index is 12.6. The minimum atomic E-state index is -0.104. The van der Waals surface area contributed by atoms with Gasteiger partial charge in [0.2, 0.25) is 0 Å². The van der Waals surface area contributed by atoms with Gasteiger partial charge in [0.15, 0.2) is 5.69 Å². The smallest absolute Gasteiger partial charge is 0.273 e. The van der Waals surface area contributed by atoms with Gasteiger partial charge in [-0.15, -0.1) is 5.10 Å². The number of nitrogens with two attached hydrogens (primary N) is 1. The van der Waals surface area contributed by atoms with E-state index in [2.05, 4.69) is 20.9 Å². The summed E-state index contributed by atoms with van der Waals surface area (Å²) in [6.07, 6.45) is 6.53. The van der Waals surface area contributed by atoms with Crippen LogP contribution in [0, 0.1) is 12.8 Å². The Hall–Kier alpha value is -1.47. The molecule has 4 N–H and O–H groups in total. The van der Waals surface area contributed by atoms with Crippen LogP contribution in [0.1, 0.15) is 60.7 Å². The molecule has 2 fully saturated rings. The summed E-state index contributed by atoms with van der Waals surface area (Å²) < 4.78 is 1.93. The van der Waals surface area contributed by atoms with Crippen molar-refractivity contribution in [2.45, 2.75) is 57.5 Å². The van der Waals surface area contributed by atoms with Crippen molar-refractivity contribution in [1.29, 1.82) is 0 Å². The molecule has 2 aliphatic rings. The Morgan fingerprint density at radius 1 is 1.30 bits per heavy atom. The molecule has 3 rings (SSSR count). The minimum Gasteiger partial charge on any atom is -0.348 e. The van der Waals surface area contributed by atoms with Gasteiger partial charge in [-0.05, 0) is 58.2 Å². The van der Waals surface area contributed by atoms with Gasteiger partial charge >= 0.3 is 0 Å². The highest BCUT2D eigenvalue weighted by Gasteiger charge is 2.28. The van der Waals surface area contributed by atoms with E-state index in [1.165, 1.54) is 6.42 Å². The van der Waals surface area contributed by atoms with Crippen LogP contribution in [-0.4, -0.2) is 46.6 Å². The molecule has 7 heteroatoms. The molecule has 1 saturated heterocycles. The number of carbonyl (C=O) groups excluding carboxylic acids is 1. The number of rotatable bonds is 4. The Labute approximate surface area is 137 Å². The van der Waals surface area contributed by atoms with E-state index in [1.54, 1.807) is 0 Å². The fourth-order valence-corrected chi connectivity index (χ4v) is 3.87. The van der Waals surface area contributed by atoms with E-state index in [9.17, 15) is 4.79 Å².